The highest BCUT2D eigenvalue weighted by molar-refractivity contribution is 6.30. The van der Waals surface area contributed by atoms with Crippen LogP contribution in [0.2, 0.25) is 5.02 Å². The van der Waals surface area contributed by atoms with Crippen LogP contribution in [0.15, 0.2) is 66.9 Å². The van der Waals surface area contributed by atoms with Crippen molar-refractivity contribution in [3.05, 3.63) is 83.1 Å². The molecule has 2 aromatic carbocycles. The van der Waals surface area contributed by atoms with E-state index in [-0.39, 0.29) is 11.3 Å². The minimum Gasteiger partial charge on any atom is -0.465 e. The van der Waals surface area contributed by atoms with Crippen LogP contribution in [0, 0.1) is 0 Å². The molecule has 2 N–H and O–H groups in total. The maximum atomic E-state index is 12.6. The van der Waals surface area contributed by atoms with Gasteiger partial charge in [-0.2, -0.15) is 0 Å². The molecule has 0 saturated carbocycles. The Morgan fingerprint density at radius 2 is 1.78 bits per heavy atom. The summed E-state index contributed by atoms with van der Waals surface area (Å²) >= 11 is 5.98. The third-order valence-corrected chi connectivity index (χ3v) is 3.92. The molecule has 1 heterocycles. The molecule has 0 saturated heterocycles. The van der Waals surface area contributed by atoms with Gasteiger partial charge in [0.2, 0.25) is 0 Å². The van der Waals surface area contributed by atoms with E-state index in [9.17, 15) is 9.59 Å². The third-order valence-electron chi connectivity index (χ3n) is 3.69. The summed E-state index contributed by atoms with van der Waals surface area (Å²) in [5.41, 5.74) is 2.28. The topological polar surface area (TPSA) is 80.3 Å². The number of amides is 1. The lowest BCUT2D eigenvalue weighted by Gasteiger charge is -2.11. The molecule has 1 aromatic heterocycles. The van der Waals surface area contributed by atoms with Crippen LogP contribution in [0.3, 0.4) is 0 Å². The molecule has 27 heavy (non-hydrogen) atoms. The van der Waals surface area contributed by atoms with Crippen LogP contribution in [-0.2, 0) is 4.74 Å². The SMILES string of the molecule is COC(=O)c1ccccc1NC(=O)c1cc(Nc2cccc(Cl)c2)ccn1. The Balaban J connectivity index is 1.79. The van der Waals surface area contributed by atoms with Crippen molar-refractivity contribution in [2.45, 2.75) is 0 Å². The predicted molar refractivity (Wildman–Crippen MR) is 105 cm³/mol. The van der Waals surface area contributed by atoms with Gasteiger partial charge in [-0.1, -0.05) is 29.8 Å². The molecular weight excluding hydrogens is 366 g/mol. The number of para-hydroxylation sites is 1. The van der Waals surface area contributed by atoms with Gasteiger partial charge in [0.05, 0.1) is 18.4 Å². The highest BCUT2D eigenvalue weighted by Gasteiger charge is 2.15. The Bertz CT molecular complexity index is 991. The van der Waals surface area contributed by atoms with Gasteiger partial charge in [-0.3, -0.25) is 9.78 Å². The van der Waals surface area contributed by atoms with E-state index in [4.69, 9.17) is 16.3 Å². The highest BCUT2D eigenvalue weighted by Crippen LogP contribution is 2.21. The molecule has 1 amide bonds. The molecule has 0 aliphatic rings. The molecule has 0 bridgehead atoms. The first-order valence-corrected chi connectivity index (χ1v) is 8.42. The predicted octanol–water partition coefficient (Wildman–Crippen LogP) is 4.52. The van der Waals surface area contributed by atoms with E-state index in [0.717, 1.165) is 5.69 Å². The van der Waals surface area contributed by atoms with Crippen LogP contribution >= 0.6 is 11.6 Å². The van der Waals surface area contributed by atoms with Crippen LogP contribution in [0.4, 0.5) is 17.1 Å². The summed E-state index contributed by atoms with van der Waals surface area (Å²) < 4.78 is 4.73. The van der Waals surface area contributed by atoms with E-state index < -0.39 is 11.9 Å². The Morgan fingerprint density at radius 3 is 2.56 bits per heavy atom. The van der Waals surface area contributed by atoms with Crippen molar-refractivity contribution in [1.82, 2.24) is 4.98 Å². The summed E-state index contributed by atoms with van der Waals surface area (Å²) in [7, 11) is 1.29. The Morgan fingerprint density at radius 1 is 1.00 bits per heavy atom. The molecule has 6 nitrogen and oxygen atoms in total. The summed E-state index contributed by atoms with van der Waals surface area (Å²) in [5.74, 6) is -0.976. The van der Waals surface area contributed by atoms with Crippen LogP contribution in [0.25, 0.3) is 0 Å². The molecule has 7 heteroatoms. The van der Waals surface area contributed by atoms with Crippen molar-refractivity contribution in [2.75, 3.05) is 17.7 Å². The van der Waals surface area contributed by atoms with Crippen molar-refractivity contribution in [2.24, 2.45) is 0 Å². The summed E-state index contributed by atoms with van der Waals surface area (Å²) in [6, 6.07) is 17.2. The number of aromatic nitrogens is 1. The fourth-order valence-electron chi connectivity index (χ4n) is 2.43. The second-order valence-corrected chi connectivity index (χ2v) is 5.99. The van der Waals surface area contributed by atoms with Crippen LogP contribution in [0.1, 0.15) is 20.8 Å². The van der Waals surface area contributed by atoms with Gasteiger partial charge in [0, 0.05) is 22.6 Å². The molecule has 0 aliphatic carbocycles. The molecule has 0 spiro atoms. The average Bonchev–Trinajstić information content (AvgIpc) is 2.68. The first-order chi connectivity index (χ1) is 13.1. The monoisotopic (exact) mass is 381 g/mol. The van der Waals surface area contributed by atoms with E-state index in [1.807, 2.05) is 12.1 Å². The zero-order valence-electron chi connectivity index (χ0n) is 14.4. The van der Waals surface area contributed by atoms with Gasteiger partial charge < -0.3 is 15.4 Å². The van der Waals surface area contributed by atoms with E-state index in [0.29, 0.717) is 16.4 Å². The number of esters is 1. The lowest BCUT2D eigenvalue weighted by Crippen LogP contribution is -2.16. The van der Waals surface area contributed by atoms with Gasteiger partial charge in [-0.25, -0.2) is 4.79 Å². The smallest absolute Gasteiger partial charge is 0.339 e. The summed E-state index contributed by atoms with van der Waals surface area (Å²) in [6.07, 6.45) is 1.52. The second-order valence-electron chi connectivity index (χ2n) is 5.56. The lowest BCUT2D eigenvalue weighted by molar-refractivity contribution is 0.0602. The minimum atomic E-state index is -0.532. The highest BCUT2D eigenvalue weighted by atomic mass is 35.5. The fraction of sp³-hybridized carbons (Fsp3) is 0.0500. The van der Waals surface area contributed by atoms with Crippen molar-refractivity contribution >= 4 is 40.5 Å². The Kier molecular flexibility index (Phi) is 5.68. The number of anilines is 3. The molecule has 3 aromatic rings. The van der Waals surface area contributed by atoms with Crippen molar-refractivity contribution in [3.63, 3.8) is 0 Å². The number of halogens is 1. The molecule has 3 rings (SSSR count). The summed E-state index contributed by atoms with van der Waals surface area (Å²) in [5, 5.41) is 6.46. The van der Waals surface area contributed by atoms with Crippen LogP contribution in [0.5, 0.6) is 0 Å². The van der Waals surface area contributed by atoms with Gasteiger partial charge >= 0.3 is 5.97 Å². The quantitative estimate of drug-likeness (QED) is 0.635. The van der Waals surface area contributed by atoms with E-state index >= 15 is 0 Å². The molecular formula is C20H16ClN3O3. The van der Waals surface area contributed by atoms with Crippen LogP contribution < -0.4 is 10.6 Å². The number of carbonyl (C=O) groups excluding carboxylic acids is 2. The van der Waals surface area contributed by atoms with Gasteiger partial charge in [0.15, 0.2) is 0 Å². The van der Waals surface area contributed by atoms with E-state index in [2.05, 4.69) is 15.6 Å². The summed E-state index contributed by atoms with van der Waals surface area (Å²) in [6.45, 7) is 0. The molecule has 0 aliphatic heterocycles. The number of hydrogen-bond acceptors (Lipinski definition) is 5. The van der Waals surface area contributed by atoms with Crippen molar-refractivity contribution in [3.8, 4) is 0 Å². The zero-order valence-corrected chi connectivity index (χ0v) is 15.2. The lowest BCUT2D eigenvalue weighted by atomic mass is 10.1. The maximum Gasteiger partial charge on any atom is 0.339 e. The standard InChI is InChI=1S/C20H16ClN3O3/c1-27-20(26)16-7-2-3-8-17(16)24-19(25)18-12-15(9-10-22-18)23-14-6-4-5-13(21)11-14/h2-12H,1H3,(H,22,23)(H,24,25). The molecule has 0 unspecified atom stereocenters. The number of rotatable bonds is 5. The molecule has 0 fully saturated rings. The second kappa shape index (κ2) is 8.33. The van der Waals surface area contributed by atoms with Gasteiger partial charge in [0.1, 0.15) is 5.69 Å². The maximum absolute atomic E-state index is 12.6. The molecule has 0 radical (unpaired) electrons. The van der Waals surface area contributed by atoms with Crippen molar-refractivity contribution < 1.29 is 14.3 Å². The number of nitrogens with zero attached hydrogens (tertiary/aromatic N) is 1. The first-order valence-electron chi connectivity index (χ1n) is 8.04. The van der Waals surface area contributed by atoms with Crippen LogP contribution in [-0.4, -0.2) is 24.0 Å². The minimum absolute atomic E-state index is 0.196. The van der Waals surface area contributed by atoms with E-state index in [1.54, 1.807) is 48.5 Å². The number of nitrogens with one attached hydrogen (secondary N) is 2. The fourth-order valence-corrected chi connectivity index (χ4v) is 2.62. The Hall–Kier alpha value is -3.38. The van der Waals surface area contributed by atoms with Gasteiger partial charge in [-0.15, -0.1) is 0 Å². The average molecular weight is 382 g/mol. The number of pyridine rings is 1. The molecule has 0 atom stereocenters. The number of carbonyl (C=O) groups is 2. The van der Waals surface area contributed by atoms with Gasteiger partial charge in [0.25, 0.3) is 5.91 Å². The van der Waals surface area contributed by atoms with Crippen molar-refractivity contribution in [1.29, 1.82) is 0 Å². The first kappa shape index (κ1) is 18.4. The number of methoxy groups -OCH3 is 1. The number of benzene rings is 2. The number of hydrogen-bond donors (Lipinski definition) is 2. The van der Waals surface area contributed by atoms with Gasteiger partial charge in [-0.05, 0) is 42.5 Å². The summed E-state index contributed by atoms with van der Waals surface area (Å²) in [4.78, 5) is 28.5. The Labute approximate surface area is 161 Å². The normalized spacial score (nSPS) is 10.1. The largest absolute Gasteiger partial charge is 0.465 e. The zero-order chi connectivity index (χ0) is 19.2. The number of ether oxygens (including phenoxy) is 1. The third kappa shape index (κ3) is 4.62. The molecule has 136 valence electrons. The van der Waals surface area contributed by atoms with E-state index in [1.165, 1.54) is 13.3 Å².